The highest BCUT2D eigenvalue weighted by atomic mass is 16.5. The molecule has 2 bridgehead atoms. The normalized spacial score (nSPS) is 47.7. The van der Waals surface area contributed by atoms with Crippen molar-refractivity contribution in [3.8, 4) is 0 Å². The summed E-state index contributed by atoms with van der Waals surface area (Å²) in [5.41, 5.74) is 0.201. The smallest absolute Gasteiger partial charge is 0.161 e. The molecule has 2 nitrogen and oxygen atoms in total. The summed E-state index contributed by atoms with van der Waals surface area (Å²) in [6, 6.07) is 0. The van der Waals surface area contributed by atoms with Crippen LogP contribution in [0.25, 0.3) is 0 Å². The highest BCUT2D eigenvalue weighted by molar-refractivity contribution is 5.92. The highest BCUT2D eigenvalue weighted by Crippen LogP contribution is 2.54. The van der Waals surface area contributed by atoms with Gasteiger partial charge in [0.05, 0.1) is 12.2 Å². The van der Waals surface area contributed by atoms with Crippen molar-refractivity contribution in [2.24, 2.45) is 23.2 Å². The number of fused-ring (bicyclic) bond motifs is 1. The van der Waals surface area contributed by atoms with Crippen LogP contribution in [0.15, 0.2) is 12.2 Å². The molecule has 0 N–H and O–H groups in total. The van der Waals surface area contributed by atoms with Gasteiger partial charge in [0.2, 0.25) is 0 Å². The van der Waals surface area contributed by atoms with E-state index in [0.29, 0.717) is 24.2 Å². The molecule has 3 aliphatic rings. The molecule has 2 aliphatic carbocycles. The standard InChI is InChI=1S/C15H22O2/c1-14(2)12-4-6-15(3)7-5-13(16)11(9-17-14)10(12)8-15/h5,7,10-12H,4,6,8-9H2,1-3H3/t10-,11-,12-,15-/m1/s1. The maximum atomic E-state index is 12.2. The van der Waals surface area contributed by atoms with E-state index in [9.17, 15) is 4.79 Å². The average molecular weight is 234 g/mol. The summed E-state index contributed by atoms with van der Waals surface area (Å²) >= 11 is 0. The van der Waals surface area contributed by atoms with Crippen LogP contribution in [0.1, 0.15) is 40.0 Å². The van der Waals surface area contributed by atoms with Crippen molar-refractivity contribution < 1.29 is 9.53 Å². The molecule has 0 amide bonds. The van der Waals surface area contributed by atoms with Crippen LogP contribution >= 0.6 is 0 Å². The number of ether oxygens (including phenoxy) is 1. The van der Waals surface area contributed by atoms with E-state index in [1.165, 1.54) is 12.8 Å². The maximum absolute atomic E-state index is 12.2. The second-order valence-electron chi connectivity index (χ2n) is 6.92. The Balaban J connectivity index is 2.00. The number of allylic oxidation sites excluding steroid dienone is 2. The van der Waals surface area contributed by atoms with Crippen molar-refractivity contribution in [2.75, 3.05) is 6.61 Å². The van der Waals surface area contributed by atoms with E-state index in [-0.39, 0.29) is 16.9 Å². The number of carbonyl (C=O) groups is 1. The summed E-state index contributed by atoms with van der Waals surface area (Å²) in [6.07, 6.45) is 7.54. The quantitative estimate of drug-likeness (QED) is 0.644. The summed E-state index contributed by atoms with van der Waals surface area (Å²) in [6.45, 7) is 7.31. The molecular weight excluding hydrogens is 212 g/mol. The van der Waals surface area contributed by atoms with Gasteiger partial charge in [0.25, 0.3) is 0 Å². The number of carbonyl (C=O) groups excluding carboxylic acids is 1. The van der Waals surface area contributed by atoms with Gasteiger partial charge in [0, 0.05) is 5.92 Å². The lowest BCUT2D eigenvalue weighted by Gasteiger charge is -2.52. The number of hydrogen-bond acceptors (Lipinski definition) is 2. The van der Waals surface area contributed by atoms with Gasteiger partial charge in [-0.1, -0.05) is 13.0 Å². The fourth-order valence-electron chi connectivity index (χ4n) is 4.15. The third kappa shape index (κ3) is 1.69. The van der Waals surface area contributed by atoms with Crippen LogP contribution in [-0.2, 0) is 9.53 Å². The summed E-state index contributed by atoms with van der Waals surface area (Å²) in [5, 5.41) is 0. The molecule has 0 aromatic heterocycles. The van der Waals surface area contributed by atoms with Gasteiger partial charge in [0.15, 0.2) is 5.78 Å². The number of ketones is 1. The third-order valence-corrected chi connectivity index (χ3v) is 5.31. The predicted octanol–water partition coefficient (Wildman–Crippen LogP) is 2.97. The minimum Gasteiger partial charge on any atom is -0.375 e. The molecule has 3 rings (SSSR count). The molecule has 0 aromatic carbocycles. The number of hydrogen-bond donors (Lipinski definition) is 0. The first-order chi connectivity index (χ1) is 7.91. The molecule has 1 heterocycles. The van der Waals surface area contributed by atoms with Crippen LogP contribution in [0.2, 0.25) is 0 Å². The molecule has 17 heavy (non-hydrogen) atoms. The van der Waals surface area contributed by atoms with Gasteiger partial charge in [-0.05, 0) is 56.4 Å². The van der Waals surface area contributed by atoms with Crippen LogP contribution in [0.4, 0.5) is 0 Å². The fraction of sp³-hybridized carbons (Fsp3) is 0.800. The Hall–Kier alpha value is -0.630. The van der Waals surface area contributed by atoms with Crippen molar-refractivity contribution in [2.45, 2.75) is 45.6 Å². The van der Waals surface area contributed by atoms with E-state index < -0.39 is 0 Å². The summed E-state index contributed by atoms with van der Waals surface area (Å²) < 4.78 is 5.97. The Morgan fingerprint density at radius 1 is 1.35 bits per heavy atom. The van der Waals surface area contributed by atoms with Crippen molar-refractivity contribution in [1.29, 1.82) is 0 Å². The molecular formula is C15H22O2. The largest absolute Gasteiger partial charge is 0.375 e. The summed E-state index contributed by atoms with van der Waals surface area (Å²) in [4.78, 5) is 12.2. The van der Waals surface area contributed by atoms with Crippen LogP contribution in [0, 0.1) is 23.2 Å². The first-order valence-electron chi connectivity index (χ1n) is 6.78. The lowest BCUT2D eigenvalue weighted by molar-refractivity contribution is -0.171. The average Bonchev–Trinajstić information content (AvgIpc) is 2.34. The van der Waals surface area contributed by atoms with E-state index in [1.807, 2.05) is 6.08 Å². The van der Waals surface area contributed by atoms with Crippen molar-refractivity contribution >= 4 is 5.78 Å². The first-order valence-corrected chi connectivity index (χ1v) is 6.78. The van der Waals surface area contributed by atoms with Gasteiger partial charge in [0.1, 0.15) is 0 Å². The van der Waals surface area contributed by atoms with Crippen molar-refractivity contribution in [3.05, 3.63) is 12.2 Å². The minimum absolute atomic E-state index is 0.0485. The zero-order chi connectivity index (χ0) is 12.3. The van der Waals surface area contributed by atoms with Gasteiger partial charge >= 0.3 is 0 Å². The monoisotopic (exact) mass is 234 g/mol. The van der Waals surface area contributed by atoms with E-state index in [4.69, 9.17) is 4.74 Å². The fourth-order valence-corrected chi connectivity index (χ4v) is 4.15. The zero-order valence-electron chi connectivity index (χ0n) is 11.0. The third-order valence-electron chi connectivity index (χ3n) is 5.31. The first kappa shape index (κ1) is 11.5. The Bertz CT molecular complexity index is 382. The van der Waals surface area contributed by atoms with Crippen molar-refractivity contribution in [1.82, 2.24) is 0 Å². The predicted molar refractivity (Wildman–Crippen MR) is 66.6 cm³/mol. The van der Waals surface area contributed by atoms with Gasteiger partial charge in [-0.25, -0.2) is 0 Å². The van der Waals surface area contributed by atoms with Crippen LogP contribution in [0.5, 0.6) is 0 Å². The molecule has 0 aromatic rings. The Morgan fingerprint density at radius 2 is 2.12 bits per heavy atom. The van der Waals surface area contributed by atoms with E-state index >= 15 is 0 Å². The SMILES string of the molecule is CC1(C)OC[C@H]2C(=O)C=C[C@@]3(C)CC[C@@H]1[C@@H]2C3. The molecule has 4 atom stereocenters. The lowest BCUT2D eigenvalue weighted by Crippen LogP contribution is -2.52. The Labute approximate surface area is 103 Å². The minimum atomic E-state index is -0.0485. The molecule has 0 radical (unpaired) electrons. The molecule has 1 aliphatic heterocycles. The second kappa shape index (κ2) is 3.44. The van der Waals surface area contributed by atoms with E-state index in [0.717, 1.165) is 6.42 Å². The second-order valence-corrected chi connectivity index (χ2v) is 6.92. The molecule has 0 spiro atoms. The van der Waals surface area contributed by atoms with E-state index in [2.05, 4.69) is 26.8 Å². The van der Waals surface area contributed by atoms with Gasteiger partial charge in [-0.15, -0.1) is 0 Å². The van der Waals surface area contributed by atoms with Crippen molar-refractivity contribution in [3.63, 3.8) is 0 Å². The molecule has 1 saturated carbocycles. The van der Waals surface area contributed by atoms with Gasteiger partial charge in [-0.2, -0.15) is 0 Å². The van der Waals surface area contributed by atoms with Gasteiger partial charge < -0.3 is 4.74 Å². The van der Waals surface area contributed by atoms with Crippen LogP contribution in [0.3, 0.4) is 0 Å². The molecule has 94 valence electrons. The summed E-state index contributed by atoms with van der Waals surface area (Å²) in [7, 11) is 0. The summed E-state index contributed by atoms with van der Waals surface area (Å²) in [5.74, 6) is 1.49. The zero-order valence-corrected chi connectivity index (χ0v) is 11.0. The lowest BCUT2D eigenvalue weighted by atomic mass is 9.58. The Morgan fingerprint density at radius 3 is 2.88 bits per heavy atom. The molecule has 2 fully saturated rings. The highest BCUT2D eigenvalue weighted by Gasteiger charge is 2.52. The van der Waals surface area contributed by atoms with Crippen LogP contribution < -0.4 is 0 Å². The molecule has 0 unspecified atom stereocenters. The maximum Gasteiger partial charge on any atom is 0.161 e. The molecule has 2 heteroatoms. The van der Waals surface area contributed by atoms with E-state index in [1.54, 1.807) is 0 Å². The van der Waals surface area contributed by atoms with Gasteiger partial charge in [-0.3, -0.25) is 4.79 Å². The Kier molecular flexibility index (Phi) is 2.32. The number of rotatable bonds is 0. The topological polar surface area (TPSA) is 26.3 Å². The molecule has 1 saturated heterocycles. The van der Waals surface area contributed by atoms with Crippen LogP contribution in [-0.4, -0.2) is 18.0 Å².